The Morgan fingerprint density at radius 1 is 1.39 bits per heavy atom. The van der Waals surface area contributed by atoms with Crippen LogP contribution in [0.5, 0.6) is 5.75 Å². The molecule has 0 saturated heterocycles. The lowest BCUT2D eigenvalue weighted by Crippen LogP contribution is -2.13. The Labute approximate surface area is 106 Å². The predicted molar refractivity (Wildman–Crippen MR) is 67.8 cm³/mol. The number of benzene rings is 1. The summed E-state index contributed by atoms with van der Waals surface area (Å²) in [6.07, 6.45) is 0.793. The minimum absolute atomic E-state index is 0.172. The molecule has 18 heavy (non-hydrogen) atoms. The molecule has 0 spiro atoms. The molecule has 1 heterocycles. The lowest BCUT2D eigenvalue weighted by molar-refractivity contribution is 0.335. The van der Waals surface area contributed by atoms with Crippen molar-refractivity contribution in [1.82, 2.24) is 10.1 Å². The molecule has 3 N–H and O–H groups in total. The molecule has 1 aromatic heterocycles. The van der Waals surface area contributed by atoms with E-state index in [-0.39, 0.29) is 11.8 Å². The van der Waals surface area contributed by atoms with E-state index in [4.69, 9.17) is 10.3 Å². The summed E-state index contributed by atoms with van der Waals surface area (Å²) >= 11 is 0. The Morgan fingerprint density at radius 2 is 2.17 bits per heavy atom. The number of phenolic OH excluding ortho intramolecular Hbond substituents is 1. The van der Waals surface area contributed by atoms with E-state index in [9.17, 15) is 5.11 Å². The molecule has 2 rings (SSSR count). The van der Waals surface area contributed by atoms with Gasteiger partial charge in [-0.15, -0.1) is 0 Å². The topological polar surface area (TPSA) is 85.2 Å². The Balaban J connectivity index is 2.20. The molecule has 1 atom stereocenters. The minimum Gasteiger partial charge on any atom is -0.508 e. The van der Waals surface area contributed by atoms with Crippen LogP contribution in [-0.2, 0) is 0 Å². The van der Waals surface area contributed by atoms with Crippen LogP contribution in [0.3, 0.4) is 0 Å². The van der Waals surface area contributed by atoms with E-state index in [2.05, 4.69) is 24.0 Å². The molecule has 0 aliphatic rings. The van der Waals surface area contributed by atoms with Crippen molar-refractivity contribution in [2.75, 3.05) is 0 Å². The van der Waals surface area contributed by atoms with E-state index in [1.165, 1.54) is 0 Å². The standard InChI is InChI=1S/C13H17N3O2/c1-8(2)6-11(14)13-15-12(16-18-13)9-4-3-5-10(17)7-9/h3-5,7-8,11,17H,6,14H2,1-2H3. The number of nitrogens with two attached hydrogens (primary N) is 1. The summed E-state index contributed by atoms with van der Waals surface area (Å²) in [5, 5.41) is 13.3. The largest absolute Gasteiger partial charge is 0.508 e. The highest BCUT2D eigenvalue weighted by Crippen LogP contribution is 2.23. The summed E-state index contributed by atoms with van der Waals surface area (Å²) in [5.74, 6) is 1.52. The van der Waals surface area contributed by atoms with E-state index < -0.39 is 0 Å². The second-order valence-electron chi connectivity index (χ2n) is 4.74. The van der Waals surface area contributed by atoms with E-state index in [0.29, 0.717) is 23.2 Å². The van der Waals surface area contributed by atoms with E-state index >= 15 is 0 Å². The van der Waals surface area contributed by atoms with Gasteiger partial charge in [-0.05, 0) is 24.5 Å². The number of rotatable bonds is 4. The average Bonchev–Trinajstić information content (AvgIpc) is 2.77. The van der Waals surface area contributed by atoms with Gasteiger partial charge in [0.2, 0.25) is 11.7 Å². The van der Waals surface area contributed by atoms with E-state index in [1.54, 1.807) is 18.2 Å². The van der Waals surface area contributed by atoms with Crippen molar-refractivity contribution in [2.24, 2.45) is 11.7 Å². The molecule has 0 radical (unpaired) electrons. The van der Waals surface area contributed by atoms with Gasteiger partial charge in [-0.2, -0.15) is 4.98 Å². The quantitative estimate of drug-likeness (QED) is 0.867. The minimum atomic E-state index is -0.247. The molecule has 0 saturated carbocycles. The second kappa shape index (κ2) is 5.18. The van der Waals surface area contributed by atoms with Crippen LogP contribution in [0, 0.1) is 5.92 Å². The lowest BCUT2D eigenvalue weighted by Gasteiger charge is -2.08. The van der Waals surface area contributed by atoms with Crippen LogP contribution in [-0.4, -0.2) is 15.2 Å². The molecule has 0 aliphatic carbocycles. The summed E-state index contributed by atoms with van der Waals surface area (Å²) in [7, 11) is 0. The molecule has 2 aromatic rings. The van der Waals surface area contributed by atoms with Gasteiger partial charge in [0.05, 0.1) is 6.04 Å². The van der Waals surface area contributed by atoms with Crippen LogP contribution in [0.4, 0.5) is 0 Å². The van der Waals surface area contributed by atoms with Gasteiger partial charge in [0.25, 0.3) is 0 Å². The number of hydrogen-bond donors (Lipinski definition) is 2. The molecule has 5 heteroatoms. The van der Waals surface area contributed by atoms with Crippen LogP contribution >= 0.6 is 0 Å². The molecule has 0 fully saturated rings. The van der Waals surface area contributed by atoms with Gasteiger partial charge in [0, 0.05) is 5.56 Å². The SMILES string of the molecule is CC(C)CC(N)c1nc(-c2cccc(O)c2)no1. The van der Waals surface area contributed by atoms with Gasteiger partial charge in [-0.1, -0.05) is 31.1 Å². The van der Waals surface area contributed by atoms with Crippen molar-refractivity contribution in [3.05, 3.63) is 30.2 Å². The van der Waals surface area contributed by atoms with Gasteiger partial charge in [-0.25, -0.2) is 0 Å². The molecule has 5 nitrogen and oxygen atoms in total. The summed E-state index contributed by atoms with van der Waals surface area (Å²) in [5.41, 5.74) is 6.68. The first-order valence-electron chi connectivity index (χ1n) is 5.95. The molecule has 96 valence electrons. The fourth-order valence-electron chi connectivity index (χ4n) is 1.76. The zero-order valence-electron chi connectivity index (χ0n) is 10.5. The number of hydrogen-bond acceptors (Lipinski definition) is 5. The molecular weight excluding hydrogens is 230 g/mol. The Kier molecular flexibility index (Phi) is 3.62. The van der Waals surface area contributed by atoms with Crippen LogP contribution in [0.25, 0.3) is 11.4 Å². The summed E-state index contributed by atoms with van der Waals surface area (Å²) in [6.45, 7) is 4.18. The molecule has 0 amide bonds. The van der Waals surface area contributed by atoms with E-state index in [1.807, 2.05) is 6.07 Å². The van der Waals surface area contributed by atoms with Crippen LogP contribution in [0.1, 0.15) is 32.2 Å². The third kappa shape index (κ3) is 2.87. The van der Waals surface area contributed by atoms with Gasteiger partial charge in [0.15, 0.2) is 0 Å². The smallest absolute Gasteiger partial charge is 0.243 e. The van der Waals surface area contributed by atoms with Crippen molar-refractivity contribution in [1.29, 1.82) is 0 Å². The maximum atomic E-state index is 9.40. The molecule has 0 bridgehead atoms. The number of phenols is 1. The van der Waals surface area contributed by atoms with Crippen molar-refractivity contribution in [3.63, 3.8) is 0 Å². The Morgan fingerprint density at radius 3 is 2.83 bits per heavy atom. The number of aromatic nitrogens is 2. The van der Waals surface area contributed by atoms with Gasteiger partial charge in [0.1, 0.15) is 5.75 Å². The molecule has 1 unspecified atom stereocenters. The maximum absolute atomic E-state index is 9.40. The third-order valence-electron chi connectivity index (χ3n) is 2.59. The average molecular weight is 247 g/mol. The molecular formula is C13H17N3O2. The predicted octanol–water partition coefficient (Wildman–Crippen LogP) is 2.49. The number of aromatic hydroxyl groups is 1. The zero-order chi connectivity index (χ0) is 13.1. The Bertz CT molecular complexity index is 522. The highest BCUT2D eigenvalue weighted by Gasteiger charge is 2.16. The first-order chi connectivity index (χ1) is 8.56. The van der Waals surface area contributed by atoms with Gasteiger partial charge in [-0.3, -0.25) is 0 Å². The second-order valence-corrected chi connectivity index (χ2v) is 4.74. The summed E-state index contributed by atoms with van der Waals surface area (Å²) < 4.78 is 5.15. The zero-order valence-corrected chi connectivity index (χ0v) is 10.5. The highest BCUT2D eigenvalue weighted by atomic mass is 16.5. The van der Waals surface area contributed by atoms with Crippen molar-refractivity contribution >= 4 is 0 Å². The first kappa shape index (κ1) is 12.6. The van der Waals surface area contributed by atoms with Crippen molar-refractivity contribution in [3.8, 4) is 17.1 Å². The van der Waals surface area contributed by atoms with Crippen molar-refractivity contribution in [2.45, 2.75) is 26.3 Å². The molecule has 0 aliphatic heterocycles. The van der Waals surface area contributed by atoms with Crippen LogP contribution in [0.2, 0.25) is 0 Å². The Hall–Kier alpha value is -1.88. The number of nitrogens with zero attached hydrogens (tertiary/aromatic N) is 2. The maximum Gasteiger partial charge on any atom is 0.243 e. The third-order valence-corrected chi connectivity index (χ3v) is 2.59. The normalized spacial score (nSPS) is 12.9. The highest BCUT2D eigenvalue weighted by molar-refractivity contribution is 5.56. The fourth-order valence-corrected chi connectivity index (χ4v) is 1.76. The lowest BCUT2D eigenvalue weighted by atomic mass is 10.0. The van der Waals surface area contributed by atoms with E-state index in [0.717, 1.165) is 6.42 Å². The van der Waals surface area contributed by atoms with Crippen molar-refractivity contribution < 1.29 is 9.63 Å². The van der Waals surface area contributed by atoms with Crippen LogP contribution < -0.4 is 5.73 Å². The molecule has 1 aromatic carbocycles. The summed E-state index contributed by atoms with van der Waals surface area (Å²) in [4.78, 5) is 4.26. The van der Waals surface area contributed by atoms with Crippen LogP contribution in [0.15, 0.2) is 28.8 Å². The first-order valence-corrected chi connectivity index (χ1v) is 5.95. The fraction of sp³-hybridized carbons (Fsp3) is 0.385. The van der Waals surface area contributed by atoms with Gasteiger partial charge >= 0.3 is 0 Å². The monoisotopic (exact) mass is 247 g/mol. The van der Waals surface area contributed by atoms with Gasteiger partial charge < -0.3 is 15.4 Å². The summed E-state index contributed by atoms with van der Waals surface area (Å²) in [6, 6.07) is 6.47.